The second kappa shape index (κ2) is 10.8. The maximum atomic E-state index is 12.8. The minimum absolute atomic E-state index is 0.0330. The summed E-state index contributed by atoms with van der Waals surface area (Å²) in [5.41, 5.74) is 0.579. The van der Waals surface area contributed by atoms with E-state index in [2.05, 4.69) is 5.92 Å². The SMILES string of the molecule is C#CCOc1c(Cl)cc(/C=C2\SC(=O)N(CCOc3ccccc3OC)C2=O)cc1OC. The summed E-state index contributed by atoms with van der Waals surface area (Å²) in [6, 6.07) is 10.4. The van der Waals surface area contributed by atoms with Crippen molar-refractivity contribution in [1.82, 2.24) is 4.90 Å². The van der Waals surface area contributed by atoms with Crippen LogP contribution in [0.2, 0.25) is 5.02 Å². The van der Waals surface area contributed by atoms with Gasteiger partial charge in [0.2, 0.25) is 0 Å². The van der Waals surface area contributed by atoms with Crippen LogP contribution in [0.25, 0.3) is 6.08 Å². The largest absolute Gasteiger partial charge is 0.493 e. The predicted octanol–water partition coefficient (Wildman–Crippen LogP) is 4.48. The van der Waals surface area contributed by atoms with Gasteiger partial charge in [0.15, 0.2) is 23.0 Å². The van der Waals surface area contributed by atoms with Crippen molar-refractivity contribution in [2.75, 3.05) is 34.0 Å². The molecule has 0 atom stereocenters. The molecule has 166 valence electrons. The number of carbonyl (C=O) groups is 2. The number of para-hydroxylation sites is 2. The van der Waals surface area contributed by atoms with Gasteiger partial charge < -0.3 is 18.9 Å². The Morgan fingerprint density at radius 2 is 1.81 bits per heavy atom. The summed E-state index contributed by atoms with van der Waals surface area (Å²) < 4.78 is 21.6. The van der Waals surface area contributed by atoms with Crippen molar-refractivity contribution in [2.45, 2.75) is 0 Å². The van der Waals surface area contributed by atoms with E-state index < -0.39 is 5.91 Å². The highest BCUT2D eigenvalue weighted by atomic mass is 35.5. The van der Waals surface area contributed by atoms with Gasteiger partial charge in [-0.25, -0.2) is 0 Å². The Labute approximate surface area is 195 Å². The summed E-state index contributed by atoms with van der Waals surface area (Å²) in [6.45, 7) is 0.265. The molecule has 2 aromatic rings. The third kappa shape index (κ3) is 5.31. The highest BCUT2D eigenvalue weighted by Gasteiger charge is 2.35. The number of ether oxygens (including phenoxy) is 4. The Morgan fingerprint density at radius 3 is 2.50 bits per heavy atom. The van der Waals surface area contributed by atoms with Gasteiger partial charge in [-0.3, -0.25) is 14.5 Å². The van der Waals surface area contributed by atoms with Crippen LogP contribution in [0.5, 0.6) is 23.0 Å². The van der Waals surface area contributed by atoms with Crippen molar-refractivity contribution in [3.63, 3.8) is 0 Å². The molecule has 0 aromatic heterocycles. The van der Waals surface area contributed by atoms with Crippen LogP contribution in [0.3, 0.4) is 0 Å². The monoisotopic (exact) mass is 473 g/mol. The average molecular weight is 474 g/mol. The molecule has 1 saturated heterocycles. The molecule has 32 heavy (non-hydrogen) atoms. The van der Waals surface area contributed by atoms with E-state index in [1.165, 1.54) is 7.11 Å². The first-order chi connectivity index (χ1) is 15.5. The summed E-state index contributed by atoms with van der Waals surface area (Å²) in [7, 11) is 3.01. The Bertz CT molecular complexity index is 1090. The molecule has 0 N–H and O–H groups in total. The lowest BCUT2D eigenvalue weighted by Gasteiger charge is -2.14. The number of hydrogen-bond acceptors (Lipinski definition) is 7. The van der Waals surface area contributed by atoms with Crippen LogP contribution in [-0.2, 0) is 4.79 Å². The van der Waals surface area contributed by atoms with E-state index in [1.807, 2.05) is 12.1 Å². The fourth-order valence-corrected chi connectivity index (χ4v) is 4.04. The van der Waals surface area contributed by atoms with E-state index in [0.717, 1.165) is 16.7 Å². The lowest BCUT2D eigenvalue weighted by Crippen LogP contribution is -2.32. The van der Waals surface area contributed by atoms with E-state index in [9.17, 15) is 9.59 Å². The number of methoxy groups -OCH3 is 2. The van der Waals surface area contributed by atoms with Gasteiger partial charge in [0.05, 0.1) is 30.7 Å². The number of rotatable bonds is 9. The van der Waals surface area contributed by atoms with Gasteiger partial charge >= 0.3 is 0 Å². The zero-order valence-corrected chi connectivity index (χ0v) is 19.0. The fourth-order valence-electron chi connectivity index (χ4n) is 2.91. The molecular weight excluding hydrogens is 454 g/mol. The summed E-state index contributed by atoms with van der Waals surface area (Å²) in [6.07, 6.45) is 6.79. The average Bonchev–Trinajstić information content (AvgIpc) is 3.05. The summed E-state index contributed by atoms with van der Waals surface area (Å²) >= 11 is 7.13. The van der Waals surface area contributed by atoms with Gasteiger partial charge in [-0.1, -0.05) is 29.7 Å². The Balaban J connectivity index is 1.71. The van der Waals surface area contributed by atoms with Gasteiger partial charge in [0.1, 0.15) is 13.2 Å². The van der Waals surface area contributed by atoms with E-state index in [-0.39, 0.29) is 34.9 Å². The molecule has 1 heterocycles. The van der Waals surface area contributed by atoms with Crippen LogP contribution in [0.1, 0.15) is 5.56 Å². The van der Waals surface area contributed by atoms with Crippen molar-refractivity contribution in [3.05, 3.63) is 51.9 Å². The standard InChI is InChI=1S/C23H20ClNO6S/c1-4-10-31-21-16(24)12-15(13-19(21)29-3)14-20-22(26)25(23(27)32-20)9-11-30-18-8-6-5-7-17(18)28-2/h1,5-8,12-14H,9-11H2,2-3H3/b20-14-. The minimum Gasteiger partial charge on any atom is -0.493 e. The molecule has 0 spiro atoms. The van der Waals surface area contributed by atoms with Crippen molar-refractivity contribution in [2.24, 2.45) is 0 Å². The molecule has 0 bridgehead atoms. The molecule has 3 rings (SSSR count). The molecule has 1 fully saturated rings. The molecule has 7 nitrogen and oxygen atoms in total. The number of nitrogens with zero attached hydrogens (tertiary/aromatic N) is 1. The van der Waals surface area contributed by atoms with Gasteiger partial charge in [-0.05, 0) is 47.7 Å². The van der Waals surface area contributed by atoms with Crippen LogP contribution in [-0.4, -0.2) is 50.0 Å². The number of imide groups is 1. The van der Waals surface area contributed by atoms with Gasteiger partial charge in [-0.2, -0.15) is 0 Å². The van der Waals surface area contributed by atoms with E-state index in [4.69, 9.17) is 37.0 Å². The fraction of sp³-hybridized carbons (Fsp3) is 0.217. The van der Waals surface area contributed by atoms with Crippen molar-refractivity contribution >= 4 is 40.6 Å². The smallest absolute Gasteiger partial charge is 0.293 e. The topological polar surface area (TPSA) is 74.3 Å². The summed E-state index contributed by atoms with van der Waals surface area (Å²) in [4.78, 5) is 26.5. The lowest BCUT2D eigenvalue weighted by molar-refractivity contribution is -0.123. The molecule has 9 heteroatoms. The normalized spacial score (nSPS) is 14.4. The quantitative estimate of drug-likeness (QED) is 0.392. The molecule has 1 aliphatic rings. The van der Waals surface area contributed by atoms with Crippen LogP contribution in [0.15, 0.2) is 41.3 Å². The van der Waals surface area contributed by atoms with Crippen LogP contribution in [0, 0.1) is 12.3 Å². The Kier molecular flexibility index (Phi) is 7.92. The third-order valence-electron chi connectivity index (χ3n) is 4.36. The van der Waals surface area contributed by atoms with Gasteiger partial charge in [-0.15, -0.1) is 6.42 Å². The molecule has 0 saturated carbocycles. The predicted molar refractivity (Wildman–Crippen MR) is 123 cm³/mol. The number of halogens is 1. The van der Waals surface area contributed by atoms with Crippen LogP contribution >= 0.6 is 23.4 Å². The second-order valence-electron chi connectivity index (χ2n) is 6.36. The van der Waals surface area contributed by atoms with E-state index in [0.29, 0.717) is 28.6 Å². The lowest BCUT2D eigenvalue weighted by atomic mass is 10.1. The number of thioether (sulfide) groups is 1. The van der Waals surface area contributed by atoms with E-state index >= 15 is 0 Å². The van der Waals surface area contributed by atoms with Crippen LogP contribution < -0.4 is 18.9 Å². The third-order valence-corrected chi connectivity index (χ3v) is 5.55. The van der Waals surface area contributed by atoms with Crippen molar-refractivity contribution in [3.8, 4) is 35.3 Å². The maximum Gasteiger partial charge on any atom is 0.293 e. The second-order valence-corrected chi connectivity index (χ2v) is 7.76. The molecule has 0 radical (unpaired) electrons. The number of benzene rings is 2. The Morgan fingerprint density at radius 1 is 1.09 bits per heavy atom. The van der Waals surface area contributed by atoms with Crippen LogP contribution in [0.4, 0.5) is 4.79 Å². The first-order valence-corrected chi connectivity index (χ1v) is 10.6. The molecular formula is C23H20ClNO6S. The summed E-state index contributed by atoms with van der Waals surface area (Å²) in [5.74, 6) is 3.73. The van der Waals surface area contributed by atoms with E-state index in [1.54, 1.807) is 37.5 Å². The zero-order valence-electron chi connectivity index (χ0n) is 17.4. The molecule has 0 unspecified atom stereocenters. The highest BCUT2D eigenvalue weighted by molar-refractivity contribution is 8.18. The number of carbonyl (C=O) groups excluding carboxylic acids is 2. The first-order valence-electron chi connectivity index (χ1n) is 9.43. The van der Waals surface area contributed by atoms with Gasteiger partial charge in [0.25, 0.3) is 11.1 Å². The van der Waals surface area contributed by atoms with Gasteiger partial charge in [0, 0.05) is 0 Å². The maximum absolute atomic E-state index is 12.8. The number of terminal acetylenes is 1. The number of amides is 2. The first kappa shape index (κ1) is 23.4. The molecule has 1 aliphatic heterocycles. The Hall–Kier alpha value is -3.28. The molecule has 2 amide bonds. The molecule has 2 aromatic carbocycles. The highest BCUT2D eigenvalue weighted by Crippen LogP contribution is 2.39. The molecule has 0 aliphatic carbocycles. The summed E-state index contributed by atoms with van der Waals surface area (Å²) in [5, 5.41) is -0.104. The van der Waals surface area contributed by atoms with Crippen molar-refractivity contribution < 1.29 is 28.5 Å². The minimum atomic E-state index is -0.411. The number of hydrogen-bond donors (Lipinski definition) is 0. The zero-order chi connectivity index (χ0) is 23.1. The van der Waals surface area contributed by atoms with Crippen molar-refractivity contribution in [1.29, 1.82) is 0 Å².